The molecule has 0 amide bonds. The van der Waals surface area contributed by atoms with E-state index in [0.717, 1.165) is 23.1 Å². The first-order chi connectivity index (χ1) is 11.6. The number of esters is 1. The number of hydrogen-bond donors (Lipinski definition) is 0. The summed E-state index contributed by atoms with van der Waals surface area (Å²) < 4.78 is 10.5. The van der Waals surface area contributed by atoms with E-state index in [1.165, 1.54) is 0 Å². The first-order valence-electron chi connectivity index (χ1n) is 8.15. The molecule has 2 aromatic rings. The topological polar surface area (TPSA) is 48.4 Å². The minimum absolute atomic E-state index is 0.279. The molecule has 0 N–H and O–H groups in total. The van der Waals surface area contributed by atoms with E-state index in [2.05, 4.69) is 4.98 Å². The summed E-state index contributed by atoms with van der Waals surface area (Å²) in [5.41, 5.74) is 3.79. The van der Waals surface area contributed by atoms with Crippen LogP contribution in [0.2, 0.25) is 0 Å². The zero-order valence-electron chi connectivity index (χ0n) is 14.4. The van der Waals surface area contributed by atoms with E-state index in [-0.39, 0.29) is 5.97 Å². The smallest absolute Gasteiger partial charge is 0.333 e. The molecule has 24 heavy (non-hydrogen) atoms. The summed E-state index contributed by atoms with van der Waals surface area (Å²) in [6.45, 7) is 6.49. The van der Waals surface area contributed by atoms with Crippen molar-refractivity contribution in [2.45, 2.75) is 27.2 Å². The van der Waals surface area contributed by atoms with Gasteiger partial charge in [-0.05, 0) is 44.0 Å². The number of rotatable bonds is 7. The first kappa shape index (κ1) is 17.7. The first-order valence-corrected chi connectivity index (χ1v) is 8.15. The van der Waals surface area contributed by atoms with E-state index in [4.69, 9.17) is 9.47 Å². The minimum Gasteiger partial charge on any atom is -0.478 e. The SMILES string of the molecule is CCOC(=O)C(C)=Cc1ccc(Cc2cccnc2OCC)cc1. The summed E-state index contributed by atoms with van der Waals surface area (Å²) in [6.07, 6.45) is 4.32. The Hall–Kier alpha value is -2.62. The van der Waals surface area contributed by atoms with Crippen molar-refractivity contribution >= 4 is 12.0 Å². The third-order valence-corrected chi connectivity index (χ3v) is 3.49. The lowest BCUT2D eigenvalue weighted by Crippen LogP contribution is -2.04. The Morgan fingerprint density at radius 3 is 2.54 bits per heavy atom. The molecule has 1 aromatic carbocycles. The highest BCUT2D eigenvalue weighted by molar-refractivity contribution is 5.92. The molecule has 0 aliphatic carbocycles. The number of hydrogen-bond acceptors (Lipinski definition) is 4. The average molecular weight is 325 g/mol. The Labute approximate surface area is 143 Å². The van der Waals surface area contributed by atoms with Crippen LogP contribution in [-0.4, -0.2) is 24.2 Å². The Kier molecular flexibility index (Phi) is 6.55. The molecule has 1 aromatic heterocycles. The van der Waals surface area contributed by atoms with Crippen LogP contribution in [-0.2, 0) is 16.0 Å². The molecule has 0 fully saturated rings. The highest BCUT2D eigenvalue weighted by Gasteiger charge is 2.06. The number of carbonyl (C=O) groups is 1. The van der Waals surface area contributed by atoms with Gasteiger partial charge in [0.05, 0.1) is 13.2 Å². The molecular formula is C20H23NO3. The Morgan fingerprint density at radius 1 is 1.12 bits per heavy atom. The molecule has 1 heterocycles. The van der Waals surface area contributed by atoms with Gasteiger partial charge in [0, 0.05) is 23.8 Å². The summed E-state index contributed by atoms with van der Waals surface area (Å²) in [6, 6.07) is 12.0. The van der Waals surface area contributed by atoms with Gasteiger partial charge in [-0.15, -0.1) is 0 Å². The van der Waals surface area contributed by atoms with Crippen LogP contribution in [0, 0.1) is 0 Å². The summed E-state index contributed by atoms with van der Waals surface area (Å²) in [5.74, 6) is 0.403. The van der Waals surface area contributed by atoms with Gasteiger partial charge in [-0.25, -0.2) is 9.78 Å². The van der Waals surface area contributed by atoms with Gasteiger partial charge < -0.3 is 9.47 Å². The zero-order valence-corrected chi connectivity index (χ0v) is 14.4. The lowest BCUT2D eigenvalue weighted by Gasteiger charge is -2.09. The Morgan fingerprint density at radius 2 is 1.88 bits per heavy atom. The molecule has 0 atom stereocenters. The van der Waals surface area contributed by atoms with Gasteiger partial charge >= 0.3 is 5.97 Å². The second-order valence-electron chi connectivity index (χ2n) is 5.37. The summed E-state index contributed by atoms with van der Waals surface area (Å²) in [4.78, 5) is 15.9. The Bertz CT molecular complexity index is 705. The normalized spacial score (nSPS) is 11.2. The van der Waals surface area contributed by atoms with E-state index < -0.39 is 0 Å². The standard InChI is InChI=1S/C20H23NO3/c1-4-23-19-18(7-6-12-21-19)14-17-10-8-16(9-11-17)13-15(3)20(22)24-5-2/h6-13H,4-5,14H2,1-3H3. The lowest BCUT2D eigenvalue weighted by atomic mass is 10.0. The number of ether oxygens (including phenoxy) is 2. The zero-order chi connectivity index (χ0) is 17.4. The van der Waals surface area contributed by atoms with Crippen molar-refractivity contribution in [3.05, 3.63) is 64.9 Å². The fraction of sp³-hybridized carbons (Fsp3) is 0.300. The lowest BCUT2D eigenvalue weighted by molar-refractivity contribution is -0.138. The maximum absolute atomic E-state index is 11.6. The molecule has 0 aliphatic heterocycles. The van der Waals surface area contributed by atoms with Gasteiger partial charge in [0.25, 0.3) is 0 Å². The molecular weight excluding hydrogens is 302 g/mol. The summed E-state index contributed by atoms with van der Waals surface area (Å²) in [5, 5.41) is 0. The van der Waals surface area contributed by atoms with Crippen LogP contribution in [0.25, 0.3) is 6.08 Å². The molecule has 4 nitrogen and oxygen atoms in total. The van der Waals surface area contributed by atoms with Crippen LogP contribution in [0.15, 0.2) is 48.2 Å². The van der Waals surface area contributed by atoms with Crippen LogP contribution in [0.1, 0.15) is 37.5 Å². The van der Waals surface area contributed by atoms with Gasteiger partial charge in [-0.3, -0.25) is 0 Å². The second-order valence-corrected chi connectivity index (χ2v) is 5.37. The predicted octanol–water partition coefficient (Wildman–Crippen LogP) is 4.04. The molecule has 0 saturated heterocycles. The number of pyridine rings is 1. The van der Waals surface area contributed by atoms with E-state index in [1.54, 1.807) is 20.0 Å². The van der Waals surface area contributed by atoms with Crippen molar-refractivity contribution < 1.29 is 14.3 Å². The number of nitrogens with zero attached hydrogens (tertiary/aromatic N) is 1. The maximum Gasteiger partial charge on any atom is 0.333 e. The van der Waals surface area contributed by atoms with Gasteiger partial charge in [-0.1, -0.05) is 30.3 Å². The molecule has 4 heteroatoms. The van der Waals surface area contributed by atoms with Crippen LogP contribution in [0.5, 0.6) is 5.88 Å². The van der Waals surface area contributed by atoms with Crippen LogP contribution in [0.3, 0.4) is 0 Å². The quantitative estimate of drug-likeness (QED) is 0.569. The fourth-order valence-electron chi connectivity index (χ4n) is 2.33. The van der Waals surface area contributed by atoms with Gasteiger partial charge in [0.15, 0.2) is 0 Å². The molecule has 2 rings (SSSR count). The van der Waals surface area contributed by atoms with Crippen molar-refractivity contribution in [1.82, 2.24) is 4.98 Å². The molecule has 0 aliphatic rings. The van der Waals surface area contributed by atoms with Crippen molar-refractivity contribution in [3.8, 4) is 5.88 Å². The third-order valence-electron chi connectivity index (χ3n) is 3.49. The molecule has 0 bridgehead atoms. The van der Waals surface area contributed by atoms with Crippen LogP contribution >= 0.6 is 0 Å². The summed E-state index contributed by atoms with van der Waals surface area (Å²) >= 11 is 0. The molecule has 0 spiro atoms. The van der Waals surface area contributed by atoms with E-state index in [0.29, 0.717) is 24.7 Å². The minimum atomic E-state index is -0.279. The van der Waals surface area contributed by atoms with E-state index in [9.17, 15) is 4.79 Å². The van der Waals surface area contributed by atoms with Crippen molar-refractivity contribution in [1.29, 1.82) is 0 Å². The van der Waals surface area contributed by atoms with E-state index in [1.807, 2.05) is 49.4 Å². The molecule has 0 unspecified atom stereocenters. The van der Waals surface area contributed by atoms with Gasteiger partial charge in [0.1, 0.15) is 0 Å². The maximum atomic E-state index is 11.6. The Balaban J connectivity index is 2.10. The highest BCUT2D eigenvalue weighted by Crippen LogP contribution is 2.19. The second kappa shape index (κ2) is 8.87. The third kappa shape index (κ3) is 4.95. The number of aromatic nitrogens is 1. The predicted molar refractivity (Wildman–Crippen MR) is 94.9 cm³/mol. The largest absolute Gasteiger partial charge is 0.478 e. The molecule has 126 valence electrons. The average Bonchev–Trinajstić information content (AvgIpc) is 2.59. The van der Waals surface area contributed by atoms with Crippen LogP contribution < -0.4 is 4.74 Å². The summed E-state index contributed by atoms with van der Waals surface area (Å²) in [7, 11) is 0. The number of carbonyl (C=O) groups excluding carboxylic acids is 1. The van der Waals surface area contributed by atoms with Gasteiger partial charge in [0.2, 0.25) is 5.88 Å². The fourth-order valence-corrected chi connectivity index (χ4v) is 2.33. The van der Waals surface area contributed by atoms with Crippen molar-refractivity contribution in [2.75, 3.05) is 13.2 Å². The van der Waals surface area contributed by atoms with Crippen molar-refractivity contribution in [2.24, 2.45) is 0 Å². The van der Waals surface area contributed by atoms with Crippen LogP contribution in [0.4, 0.5) is 0 Å². The molecule has 0 radical (unpaired) electrons. The van der Waals surface area contributed by atoms with Crippen molar-refractivity contribution in [3.63, 3.8) is 0 Å². The number of benzene rings is 1. The van der Waals surface area contributed by atoms with E-state index >= 15 is 0 Å². The van der Waals surface area contributed by atoms with Gasteiger partial charge in [-0.2, -0.15) is 0 Å². The monoisotopic (exact) mass is 325 g/mol. The molecule has 0 saturated carbocycles. The highest BCUT2D eigenvalue weighted by atomic mass is 16.5.